The van der Waals surface area contributed by atoms with Crippen molar-refractivity contribution in [3.05, 3.63) is 35.9 Å². The molecule has 0 spiro atoms. The smallest absolute Gasteiger partial charge is 0.124 e. The fraction of sp³-hybridized carbons (Fsp3) is 0.562. The van der Waals surface area contributed by atoms with Crippen molar-refractivity contribution in [3.63, 3.8) is 0 Å². The van der Waals surface area contributed by atoms with Crippen molar-refractivity contribution in [2.45, 2.75) is 39.1 Å². The summed E-state index contributed by atoms with van der Waals surface area (Å²) in [5.41, 5.74) is 1.03. The maximum Gasteiger partial charge on any atom is 0.124 e. The highest BCUT2D eigenvalue weighted by Crippen LogP contribution is 2.29. The molecule has 1 N–H and O–H groups in total. The van der Waals surface area contributed by atoms with E-state index in [-0.39, 0.29) is 18.6 Å². The van der Waals surface area contributed by atoms with Gasteiger partial charge in [-0.05, 0) is 12.0 Å². The van der Waals surface area contributed by atoms with Gasteiger partial charge in [-0.25, -0.2) is 0 Å². The quantitative estimate of drug-likeness (QED) is 0.591. The molecule has 2 atom stereocenters. The van der Waals surface area contributed by atoms with Crippen LogP contribution in [0.4, 0.5) is 0 Å². The molecule has 0 bridgehead atoms. The van der Waals surface area contributed by atoms with E-state index in [1.165, 1.54) is 0 Å². The number of aliphatic hydroxyl groups is 1. The Morgan fingerprint density at radius 2 is 1.85 bits per heavy atom. The molecule has 0 aliphatic carbocycles. The van der Waals surface area contributed by atoms with Crippen LogP contribution in [0.15, 0.2) is 30.3 Å². The fourth-order valence-corrected chi connectivity index (χ4v) is 3.78. The standard InChI is InChI=1S/C16H26O3Si/c1-13(16(18)20(2,3)4)15(19-12-8-11-17)14-9-6-5-7-10-14/h5-7,9-10,13,15,17H,8,11-12H2,1-4H3/t13-,15+/m0/s1. The molecule has 0 fully saturated rings. The van der Waals surface area contributed by atoms with Gasteiger partial charge < -0.3 is 14.6 Å². The molecule has 0 aliphatic heterocycles. The molecule has 3 nitrogen and oxygen atoms in total. The van der Waals surface area contributed by atoms with E-state index < -0.39 is 8.07 Å². The highest BCUT2D eigenvalue weighted by molar-refractivity contribution is 7.03. The summed E-state index contributed by atoms with van der Waals surface area (Å²) in [4.78, 5) is 12.5. The Balaban J connectivity index is 2.90. The Hall–Kier alpha value is -0.973. The summed E-state index contributed by atoms with van der Waals surface area (Å²) in [5, 5.41) is 9.22. The van der Waals surface area contributed by atoms with Crippen molar-refractivity contribution in [2.24, 2.45) is 5.92 Å². The minimum absolute atomic E-state index is 0.109. The van der Waals surface area contributed by atoms with Crippen LogP contribution in [0, 0.1) is 5.92 Å². The zero-order chi connectivity index (χ0) is 15.2. The van der Waals surface area contributed by atoms with Gasteiger partial charge in [0.05, 0.1) is 6.10 Å². The maximum absolute atomic E-state index is 12.5. The Morgan fingerprint density at radius 3 is 2.35 bits per heavy atom. The number of carbonyl (C=O) groups is 1. The van der Waals surface area contributed by atoms with E-state index >= 15 is 0 Å². The second-order valence-electron chi connectivity index (χ2n) is 6.18. The predicted octanol–water partition coefficient (Wildman–Crippen LogP) is 3.21. The van der Waals surface area contributed by atoms with Gasteiger partial charge in [0.1, 0.15) is 13.5 Å². The molecular formula is C16H26O3Si. The summed E-state index contributed by atoms with van der Waals surface area (Å²) in [7, 11) is -1.84. The van der Waals surface area contributed by atoms with Crippen LogP contribution in [0.25, 0.3) is 0 Å². The topological polar surface area (TPSA) is 46.5 Å². The van der Waals surface area contributed by atoms with Crippen LogP contribution >= 0.6 is 0 Å². The van der Waals surface area contributed by atoms with E-state index in [1.54, 1.807) is 0 Å². The second-order valence-corrected chi connectivity index (χ2v) is 11.2. The molecular weight excluding hydrogens is 268 g/mol. The lowest BCUT2D eigenvalue weighted by Crippen LogP contribution is -2.40. The fourth-order valence-electron chi connectivity index (χ4n) is 2.27. The number of carbonyl (C=O) groups excluding carboxylic acids is 1. The van der Waals surface area contributed by atoms with Crippen molar-refractivity contribution in [3.8, 4) is 0 Å². The van der Waals surface area contributed by atoms with E-state index in [4.69, 9.17) is 9.84 Å². The van der Waals surface area contributed by atoms with Gasteiger partial charge in [-0.15, -0.1) is 0 Å². The molecule has 0 saturated carbocycles. The van der Waals surface area contributed by atoms with Gasteiger partial charge in [0.15, 0.2) is 0 Å². The van der Waals surface area contributed by atoms with Crippen LogP contribution in [0.2, 0.25) is 19.6 Å². The Kier molecular flexibility index (Phi) is 6.59. The van der Waals surface area contributed by atoms with Gasteiger partial charge in [-0.2, -0.15) is 0 Å². The zero-order valence-corrected chi connectivity index (χ0v) is 13.9. The molecule has 0 radical (unpaired) electrons. The summed E-state index contributed by atoms with van der Waals surface area (Å²) >= 11 is 0. The van der Waals surface area contributed by atoms with Crippen molar-refractivity contribution >= 4 is 13.5 Å². The molecule has 1 rings (SSSR count). The van der Waals surface area contributed by atoms with Crippen molar-refractivity contribution in [1.29, 1.82) is 0 Å². The Labute approximate surface area is 123 Å². The highest BCUT2D eigenvalue weighted by atomic mass is 28.3. The average Bonchev–Trinajstić information content (AvgIpc) is 2.42. The second kappa shape index (κ2) is 7.72. The lowest BCUT2D eigenvalue weighted by molar-refractivity contribution is -0.121. The first kappa shape index (κ1) is 17.1. The van der Waals surface area contributed by atoms with Crippen molar-refractivity contribution in [1.82, 2.24) is 0 Å². The lowest BCUT2D eigenvalue weighted by Gasteiger charge is -2.28. The first-order valence-electron chi connectivity index (χ1n) is 7.19. The van der Waals surface area contributed by atoms with Crippen molar-refractivity contribution < 1.29 is 14.6 Å². The number of aliphatic hydroxyl groups excluding tert-OH is 1. The number of hydrogen-bond donors (Lipinski definition) is 1. The van der Waals surface area contributed by atoms with Crippen LogP contribution in [0.5, 0.6) is 0 Å². The van der Waals surface area contributed by atoms with E-state index in [2.05, 4.69) is 19.6 Å². The monoisotopic (exact) mass is 294 g/mol. The highest BCUT2D eigenvalue weighted by Gasteiger charge is 2.34. The summed E-state index contributed by atoms with van der Waals surface area (Å²) < 4.78 is 5.89. The molecule has 1 aromatic carbocycles. The molecule has 0 unspecified atom stereocenters. The predicted molar refractivity (Wildman–Crippen MR) is 84.4 cm³/mol. The first-order chi connectivity index (χ1) is 9.38. The van der Waals surface area contributed by atoms with E-state index in [9.17, 15) is 4.79 Å². The van der Waals surface area contributed by atoms with E-state index in [1.807, 2.05) is 37.3 Å². The molecule has 0 amide bonds. The third-order valence-corrected chi connectivity index (χ3v) is 5.27. The van der Waals surface area contributed by atoms with Crippen LogP contribution < -0.4 is 0 Å². The van der Waals surface area contributed by atoms with Gasteiger partial charge in [0, 0.05) is 19.1 Å². The number of ether oxygens (including phenoxy) is 1. The van der Waals surface area contributed by atoms with Crippen LogP contribution in [-0.4, -0.2) is 31.8 Å². The maximum atomic E-state index is 12.5. The van der Waals surface area contributed by atoms with Gasteiger partial charge in [-0.1, -0.05) is 56.9 Å². The minimum Gasteiger partial charge on any atom is -0.396 e. The van der Waals surface area contributed by atoms with Crippen LogP contribution in [0.1, 0.15) is 25.0 Å². The summed E-state index contributed by atoms with van der Waals surface area (Å²) in [6, 6.07) is 9.88. The molecule has 0 heterocycles. The van der Waals surface area contributed by atoms with Gasteiger partial charge in [-0.3, -0.25) is 0 Å². The number of benzene rings is 1. The SMILES string of the molecule is C[C@H](C(=O)[Si](C)(C)C)[C@@H](OCCCO)c1ccccc1. The molecule has 1 aromatic rings. The molecule has 4 heteroatoms. The average molecular weight is 294 g/mol. The molecule has 0 aromatic heterocycles. The largest absolute Gasteiger partial charge is 0.396 e. The third kappa shape index (κ3) is 4.85. The van der Waals surface area contributed by atoms with Crippen LogP contribution in [-0.2, 0) is 9.53 Å². The first-order valence-corrected chi connectivity index (χ1v) is 10.7. The van der Waals surface area contributed by atoms with Crippen molar-refractivity contribution in [2.75, 3.05) is 13.2 Å². The third-order valence-electron chi connectivity index (χ3n) is 3.33. The summed E-state index contributed by atoms with van der Waals surface area (Å²) in [6.07, 6.45) is 0.374. The lowest BCUT2D eigenvalue weighted by atomic mass is 9.98. The minimum atomic E-state index is -1.84. The molecule has 20 heavy (non-hydrogen) atoms. The van der Waals surface area contributed by atoms with Gasteiger partial charge >= 0.3 is 0 Å². The molecule has 0 saturated heterocycles. The molecule has 112 valence electrons. The number of hydrogen-bond acceptors (Lipinski definition) is 3. The van der Waals surface area contributed by atoms with E-state index in [0.717, 1.165) is 5.56 Å². The summed E-state index contributed by atoms with van der Waals surface area (Å²) in [6.45, 7) is 8.75. The zero-order valence-electron chi connectivity index (χ0n) is 12.9. The van der Waals surface area contributed by atoms with Crippen LogP contribution in [0.3, 0.4) is 0 Å². The Morgan fingerprint density at radius 1 is 1.25 bits per heavy atom. The van der Waals surface area contributed by atoms with Gasteiger partial charge in [0.25, 0.3) is 0 Å². The molecule has 0 aliphatic rings. The summed E-state index contributed by atoms with van der Waals surface area (Å²) in [5.74, 6) is -0.150. The van der Waals surface area contributed by atoms with Gasteiger partial charge in [0.2, 0.25) is 0 Å². The van der Waals surface area contributed by atoms with E-state index in [0.29, 0.717) is 18.4 Å². The normalized spacial score (nSPS) is 14.8. The Bertz CT molecular complexity index is 411. The number of rotatable bonds is 8.